The predicted molar refractivity (Wildman–Crippen MR) is 91.5 cm³/mol. The molecular weight excluding hydrogens is 426 g/mol. The lowest BCUT2D eigenvalue weighted by molar-refractivity contribution is -2.00. The second kappa shape index (κ2) is 7.26. The minimum atomic E-state index is -4.94. The predicted octanol–water partition coefficient (Wildman–Crippen LogP) is -1.38. The van der Waals surface area contributed by atoms with Crippen LogP contribution in [0.2, 0.25) is 0 Å². The summed E-state index contributed by atoms with van der Waals surface area (Å²) in [5, 5.41) is 0. The van der Waals surface area contributed by atoms with Gasteiger partial charge in [0.15, 0.2) is 30.7 Å². The molecule has 0 saturated carbocycles. The van der Waals surface area contributed by atoms with Crippen molar-refractivity contribution in [1.82, 2.24) is 9.97 Å². The Kier molecular flexibility index (Phi) is 4.65. The third-order valence-electron chi connectivity index (χ3n) is 6.01. The van der Waals surface area contributed by atoms with E-state index in [1.54, 1.807) is 12.5 Å². The first kappa shape index (κ1) is 19.9. The molecule has 0 amide bonds. The Morgan fingerprint density at radius 3 is 2.03 bits per heavy atom. The minimum Gasteiger partial charge on any atom is -0.451 e. The number of hydrogen-bond acceptors (Lipinski definition) is 8. The summed E-state index contributed by atoms with van der Waals surface area (Å²) in [7, 11) is -4.94. The second-order valence-electron chi connectivity index (χ2n) is 7.41. The van der Waals surface area contributed by atoms with Gasteiger partial charge < -0.3 is 8.83 Å². The van der Waals surface area contributed by atoms with E-state index in [-0.39, 0.29) is 12.0 Å². The summed E-state index contributed by atoms with van der Waals surface area (Å²) in [6.07, 6.45) is 9.57. The Labute approximate surface area is 178 Å². The normalized spacial score (nSPS) is 20.4. The summed E-state index contributed by atoms with van der Waals surface area (Å²) in [5.41, 5.74) is 5.40. The van der Waals surface area contributed by atoms with Gasteiger partial charge in [-0.05, 0) is 5.56 Å². The maximum Gasteiger partial charge on any atom is 0.190 e. The Balaban J connectivity index is 0.000000371. The fourth-order valence-corrected chi connectivity index (χ4v) is 5.04. The molecule has 2 unspecified atom stereocenters. The van der Waals surface area contributed by atoms with Crippen molar-refractivity contribution in [2.24, 2.45) is 0 Å². The molecule has 2 bridgehead atoms. The van der Waals surface area contributed by atoms with Crippen LogP contribution in [0, 0.1) is 10.2 Å². The fraction of sp³-hybridized carbons (Fsp3) is 0.190. The van der Waals surface area contributed by atoms with Gasteiger partial charge >= 0.3 is 0 Å². The van der Waals surface area contributed by atoms with E-state index < -0.39 is 15.7 Å². The SMILES string of the molecule is [O-][Cl+3]([O-])([O-])[O-].c1ccc2c(c1)C1CC(c3cocn3)(c3cocn3)C2c2cccc[n+]21. The molecule has 0 spiro atoms. The van der Waals surface area contributed by atoms with Gasteiger partial charge in [-0.2, -0.15) is 4.57 Å². The van der Waals surface area contributed by atoms with Crippen molar-refractivity contribution in [3.63, 3.8) is 0 Å². The standard InChI is InChI=1S/C21H16N3O2.ClHO4/c1-2-6-15-14(5-1)17-9-21(18-10-25-12-22-18,19-11-26-13-23-19)20(15)16-7-3-4-8-24(16)17;2-1(3,4)5/h1-8,10-13,17,20H,9H2;(H,2,3,4,5)/q+1;/p-1. The van der Waals surface area contributed by atoms with E-state index in [0.29, 0.717) is 0 Å². The van der Waals surface area contributed by atoms with Gasteiger partial charge in [0.25, 0.3) is 0 Å². The van der Waals surface area contributed by atoms with Crippen molar-refractivity contribution in [2.45, 2.75) is 23.8 Å². The van der Waals surface area contributed by atoms with E-state index in [9.17, 15) is 0 Å². The van der Waals surface area contributed by atoms with Gasteiger partial charge in [-0.25, -0.2) is 28.6 Å². The molecule has 2 atom stereocenters. The van der Waals surface area contributed by atoms with Crippen LogP contribution in [0.3, 0.4) is 0 Å². The van der Waals surface area contributed by atoms with Crippen LogP contribution in [0.5, 0.6) is 0 Å². The van der Waals surface area contributed by atoms with Crippen molar-refractivity contribution < 1.29 is 42.3 Å². The number of fused-ring (bicyclic) bond motifs is 1. The lowest BCUT2D eigenvalue weighted by Gasteiger charge is -2.47. The second-order valence-corrected chi connectivity index (χ2v) is 8.17. The first-order valence-electron chi connectivity index (χ1n) is 9.37. The summed E-state index contributed by atoms with van der Waals surface area (Å²) >= 11 is 0. The van der Waals surface area contributed by atoms with Crippen molar-refractivity contribution in [2.75, 3.05) is 0 Å². The largest absolute Gasteiger partial charge is 0.451 e. The van der Waals surface area contributed by atoms with Gasteiger partial charge in [-0.3, -0.25) is 0 Å². The number of nitrogens with zero attached hydrogens (tertiary/aromatic N) is 3. The Morgan fingerprint density at radius 1 is 0.871 bits per heavy atom. The molecule has 10 heteroatoms. The van der Waals surface area contributed by atoms with Gasteiger partial charge in [-0.1, -0.05) is 30.3 Å². The smallest absolute Gasteiger partial charge is 0.190 e. The first-order chi connectivity index (χ1) is 14.9. The number of rotatable bonds is 2. The van der Waals surface area contributed by atoms with Crippen LogP contribution in [0.4, 0.5) is 0 Å². The van der Waals surface area contributed by atoms with Crippen molar-refractivity contribution in [1.29, 1.82) is 0 Å². The summed E-state index contributed by atoms with van der Waals surface area (Å²) in [6, 6.07) is 15.3. The molecule has 0 N–H and O–H groups in total. The Bertz CT molecular complexity index is 1100. The van der Waals surface area contributed by atoms with Gasteiger partial charge in [0.2, 0.25) is 0 Å². The van der Waals surface area contributed by atoms with Crippen molar-refractivity contribution in [3.8, 4) is 0 Å². The van der Waals surface area contributed by atoms with Crippen LogP contribution >= 0.6 is 0 Å². The van der Waals surface area contributed by atoms with E-state index in [4.69, 9.17) is 27.5 Å². The number of benzene rings is 1. The molecule has 1 aliphatic carbocycles. The number of pyridine rings is 1. The third kappa shape index (κ3) is 3.23. The van der Waals surface area contributed by atoms with Crippen LogP contribution in [0.15, 0.2) is 82.8 Å². The molecule has 31 heavy (non-hydrogen) atoms. The topological polar surface area (TPSA) is 148 Å². The van der Waals surface area contributed by atoms with Gasteiger partial charge in [0.05, 0.1) is 22.7 Å². The summed E-state index contributed by atoms with van der Waals surface area (Å²) in [6.45, 7) is 0. The lowest BCUT2D eigenvalue weighted by atomic mass is 9.56. The third-order valence-corrected chi connectivity index (χ3v) is 6.01. The molecule has 2 aliphatic heterocycles. The van der Waals surface area contributed by atoms with Gasteiger partial charge in [0.1, 0.15) is 12.5 Å². The molecule has 1 aromatic carbocycles. The number of hydrogen-bond donors (Lipinski definition) is 0. The van der Waals surface area contributed by atoms with E-state index in [2.05, 4.69) is 63.2 Å². The lowest BCUT2D eigenvalue weighted by Crippen LogP contribution is -2.68. The highest BCUT2D eigenvalue weighted by molar-refractivity contribution is 5.51. The van der Waals surface area contributed by atoms with Crippen LogP contribution < -0.4 is 23.2 Å². The molecule has 9 nitrogen and oxygen atoms in total. The molecule has 3 aliphatic rings. The Hall–Kier alpha value is -3.08. The van der Waals surface area contributed by atoms with Crippen molar-refractivity contribution >= 4 is 0 Å². The van der Waals surface area contributed by atoms with E-state index >= 15 is 0 Å². The highest BCUT2D eigenvalue weighted by atomic mass is 35.7. The quantitative estimate of drug-likeness (QED) is 0.345. The molecule has 0 radical (unpaired) electrons. The zero-order chi connectivity index (χ0) is 21.6. The van der Waals surface area contributed by atoms with E-state index in [1.165, 1.54) is 29.6 Å². The number of oxazole rings is 2. The average Bonchev–Trinajstić information content (AvgIpc) is 3.47. The Morgan fingerprint density at radius 2 is 1.45 bits per heavy atom. The summed E-state index contributed by atoms with van der Waals surface area (Å²) in [4.78, 5) is 9.15. The molecule has 3 aromatic heterocycles. The van der Waals surface area contributed by atoms with Crippen LogP contribution in [0.1, 0.15) is 46.6 Å². The van der Waals surface area contributed by atoms with E-state index in [0.717, 1.165) is 17.8 Å². The maximum absolute atomic E-state index is 8.49. The molecule has 0 saturated heterocycles. The van der Waals surface area contributed by atoms with Crippen LogP contribution in [0.25, 0.3) is 0 Å². The molecule has 0 fully saturated rings. The van der Waals surface area contributed by atoms with E-state index in [1.807, 2.05) is 0 Å². The van der Waals surface area contributed by atoms with Crippen molar-refractivity contribution in [3.05, 3.63) is 102 Å². The monoisotopic (exact) mass is 441 g/mol. The highest BCUT2D eigenvalue weighted by Crippen LogP contribution is 2.58. The fourth-order valence-electron chi connectivity index (χ4n) is 5.04. The zero-order valence-corrected chi connectivity index (χ0v) is 16.7. The molecule has 5 heterocycles. The van der Waals surface area contributed by atoms with Gasteiger partial charge in [0, 0.05) is 24.1 Å². The average molecular weight is 442 g/mol. The highest BCUT2D eigenvalue weighted by Gasteiger charge is 2.61. The van der Waals surface area contributed by atoms with Gasteiger partial charge in [-0.15, -0.1) is 10.2 Å². The number of aromatic nitrogens is 3. The first-order valence-corrected chi connectivity index (χ1v) is 10.6. The molecular formula is C21H16ClN3O6. The zero-order valence-electron chi connectivity index (χ0n) is 16.0. The molecule has 158 valence electrons. The maximum atomic E-state index is 8.49. The minimum absolute atomic E-state index is 0.0973. The summed E-state index contributed by atoms with van der Waals surface area (Å²) in [5.74, 6) is 0.0973. The van der Waals surface area contributed by atoms with Crippen LogP contribution in [-0.2, 0) is 5.41 Å². The summed E-state index contributed by atoms with van der Waals surface area (Å²) < 4.78 is 47.2. The molecule has 7 rings (SSSR count). The molecule has 4 aromatic rings. The van der Waals surface area contributed by atoms with Crippen LogP contribution in [-0.4, -0.2) is 9.97 Å². The number of halogens is 1.